The molecule has 0 aromatic rings. The van der Waals surface area contributed by atoms with E-state index in [4.69, 9.17) is 0 Å². The molecule has 18 heavy (non-hydrogen) atoms. The summed E-state index contributed by atoms with van der Waals surface area (Å²) in [5.41, 5.74) is 0. The molecule has 1 saturated heterocycles. The Balaban J connectivity index is 0.00000162. The zero-order valence-corrected chi connectivity index (χ0v) is 12.7. The molecule has 0 spiro atoms. The fourth-order valence-corrected chi connectivity index (χ4v) is 4.22. The first-order valence-electron chi connectivity index (χ1n) is 6.76. The zero-order chi connectivity index (χ0) is 12.3. The molecular weight excluding hydrogens is 272 g/mol. The van der Waals surface area contributed by atoms with E-state index in [9.17, 15) is 8.42 Å². The van der Waals surface area contributed by atoms with Gasteiger partial charge in [0.1, 0.15) is 0 Å². The molecule has 0 bridgehead atoms. The normalized spacial score (nSPS) is 22.6. The van der Waals surface area contributed by atoms with E-state index in [-0.39, 0.29) is 18.4 Å². The maximum absolute atomic E-state index is 12.2. The van der Waals surface area contributed by atoms with Gasteiger partial charge in [-0.25, -0.2) is 12.7 Å². The number of rotatable bonds is 5. The zero-order valence-electron chi connectivity index (χ0n) is 11.1. The highest BCUT2D eigenvalue weighted by atomic mass is 35.5. The first-order chi connectivity index (χ1) is 8.09. The van der Waals surface area contributed by atoms with Gasteiger partial charge in [0.25, 0.3) is 0 Å². The molecule has 1 heterocycles. The Hall–Kier alpha value is 0.160. The highest BCUT2D eigenvalue weighted by Gasteiger charge is 2.28. The van der Waals surface area contributed by atoms with Crippen molar-refractivity contribution >= 4 is 22.4 Å². The average Bonchev–Trinajstić information content (AvgIpc) is 2.27. The highest BCUT2D eigenvalue weighted by molar-refractivity contribution is 7.89. The number of sulfonamides is 1. The summed E-state index contributed by atoms with van der Waals surface area (Å²) in [4.78, 5) is 0. The van der Waals surface area contributed by atoms with Gasteiger partial charge in [-0.1, -0.05) is 19.3 Å². The molecule has 1 saturated carbocycles. The molecule has 0 atom stereocenters. The lowest BCUT2D eigenvalue weighted by molar-refractivity contribution is 0.286. The summed E-state index contributed by atoms with van der Waals surface area (Å²) in [5.74, 6) is 1.02. The monoisotopic (exact) mass is 296 g/mol. The standard InChI is InChI=1S/C12H24N2O2S.ClH/c1-14(12-5-8-13-9-6-12)17(15,16)10-7-11-3-2-4-11;/h11-13H,2-10H2,1H3;1H. The lowest BCUT2D eigenvalue weighted by Crippen LogP contribution is -2.44. The smallest absolute Gasteiger partial charge is 0.214 e. The fraction of sp³-hybridized carbons (Fsp3) is 1.00. The van der Waals surface area contributed by atoms with Crippen LogP contribution in [0.4, 0.5) is 0 Å². The molecule has 2 fully saturated rings. The molecule has 0 aromatic heterocycles. The number of piperidine rings is 1. The summed E-state index contributed by atoms with van der Waals surface area (Å²) < 4.78 is 26.0. The SMILES string of the molecule is CN(C1CCNCC1)S(=O)(=O)CCC1CCC1.Cl. The lowest BCUT2D eigenvalue weighted by Gasteiger charge is -2.32. The Morgan fingerprint density at radius 3 is 2.28 bits per heavy atom. The number of hydrogen-bond donors (Lipinski definition) is 1. The summed E-state index contributed by atoms with van der Waals surface area (Å²) in [7, 11) is -1.27. The highest BCUT2D eigenvalue weighted by Crippen LogP contribution is 2.30. The van der Waals surface area contributed by atoms with Gasteiger partial charge in [0, 0.05) is 13.1 Å². The molecule has 1 N–H and O–H groups in total. The topological polar surface area (TPSA) is 49.4 Å². The summed E-state index contributed by atoms with van der Waals surface area (Å²) in [5, 5.41) is 3.27. The summed E-state index contributed by atoms with van der Waals surface area (Å²) in [6.07, 6.45) is 6.49. The molecule has 1 aliphatic carbocycles. The Labute approximate surface area is 117 Å². The number of nitrogens with zero attached hydrogens (tertiary/aromatic N) is 1. The lowest BCUT2D eigenvalue weighted by atomic mass is 9.84. The maximum Gasteiger partial charge on any atom is 0.214 e. The third-order valence-corrected chi connectivity index (χ3v) is 6.20. The van der Waals surface area contributed by atoms with Crippen LogP contribution in [0.25, 0.3) is 0 Å². The first kappa shape index (κ1) is 16.2. The summed E-state index contributed by atoms with van der Waals surface area (Å²) >= 11 is 0. The van der Waals surface area contributed by atoms with E-state index < -0.39 is 10.0 Å². The average molecular weight is 297 g/mol. The van der Waals surface area contributed by atoms with Crippen LogP contribution in [0.2, 0.25) is 0 Å². The van der Waals surface area contributed by atoms with Crippen molar-refractivity contribution in [2.75, 3.05) is 25.9 Å². The Kier molecular flexibility index (Phi) is 6.38. The van der Waals surface area contributed by atoms with Gasteiger partial charge in [0.05, 0.1) is 5.75 Å². The maximum atomic E-state index is 12.2. The van der Waals surface area contributed by atoms with E-state index in [1.807, 2.05) is 0 Å². The van der Waals surface area contributed by atoms with E-state index in [1.165, 1.54) is 19.3 Å². The van der Waals surface area contributed by atoms with Crippen molar-refractivity contribution in [3.63, 3.8) is 0 Å². The van der Waals surface area contributed by atoms with Gasteiger partial charge in [-0.2, -0.15) is 0 Å². The fourth-order valence-electron chi connectivity index (χ4n) is 2.64. The van der Waals surface area contributed by atoms with Crippen molar-refractivity contribution in [2.24, 2.45) is 5.92 Å². The van der Waals surface area contributed by atoms with Crippen molar-refractivity contribution in [2.45, 2.75) is 44.6 Å². The minimum absolute atomic E-state index is 0. The van der Waals surface area contributed by atoms with Gasteiger partial charge in [-0.15, -0.1) is 12.4 Å². The van der Waals surface area contributed by atoms with Crippen molar-refractivity contribution in [3.8, 4) is 0 Å². The quantitative estimate of drug-likeness (QED) is 0.838. The molecule has 2 aliphatic rings. The summed E-state index contributed by atoms with van der Waals surface area (Å²) in [6.45, 7) is 1.88. The minimum Gasteiger partial charge on any atom is -0.317 e. The second-order valence-corrected chi connectivity index (χ2v) is 7.55. The van der Waals surface area contributed by atoms with E-state index in [1.54, 1.807) is 11.4 Å². The number of hydrogen-bond acceptors (Lipinski definition) is 3. The van der Waals surface area contributed by atoms with Crippen LogP contribution in [-0.4, -0.2) is 44.7 Å². The van der Waals surface area contributed by atoms with Crippen LogP contribution in [0.5, 0.6) is 0 Å². The minimum atomic E-state index is -3.03. The predicted molar refractivity (Wildman–Crippen MR) is 76.6 cm³/mol. The van der Waals surface area contributed by atoms with Gasteiger partial charge in [-0.3, -0.25) is 0 Å². The molecule has 2 rings (SSSR count). The van der Waals surface area contributed by atoms with Gasteiger partial charge >= 0.3 is 0 Å². The van der Waals surface area contributed by atoms with Gasteiger partial charge in [-0.05, 0) is 38.3 Å². The van der Waals surface area contributed by atoms with Crippen molar-refractivity contribution < 1.29 is 8.42 Å². The summed E-state index contributed by atoms with van der Waals surface area (Å²) in [6, 6.07) is 0.211. The van der Waals surface area contributed by atoms with Crippen LogP contribution in [0.1, 0.15) is 38.5 Å². The van der Waals surface area contributed by atoms with E-state index >= 15 is 0 Å². The molecule has 0 unspecified atom stereocenters. The largest absolute Gasteiger partial charge is 0.317 e. The van der Waals surface area contributed by atoms with Gasteiger partial charge in [0.2, 0.25) is 10.0 Å². The van der Waals surface area contributed by atoms with Crippen LogP contribution in [-0.2, 0) is 10.0 Å². The second-order valence-electron chi connectivity index (χ2n) is 5.40. The molecule has 1 aliphatic heterocycles. The van der Waals surface area contributed by atoms with Crippen molar-refractivity contribution in [1.82, 2.24) is 9.62 Å². The van der Waals surface area contributed by atoms with Crippen molar-refractivity contribution in [3.05, 3.63) is 0 Å². The second kappa shape index (κ2) is 7.08. The Bertz CT molecular complexity index is 338. The van der Waals surface area contributed by atoms with Crippen molar-refractivity contribution in [1.29, 1.82) is 0 Å². The van der Waals surface area contributed by atoms with Gasteiger partial charge in [0.15, 0.2) is 0 Å². The number of nitrogens with one attached hydrogen (secondary N) is 1. The number of halogens is 1. The van der Waals surface area contributed by atoms with Crippen LogP contribution < -0.4 is 5.32 Å². The van der Waals surface area contributed by atoms with E-state index in [0.29, 0.717) is 11.7 Å². The Morgan fingerprint density at radius 2 is 1.78 bits per heavy atom. The third kappa shape index (κ3) is 4.08. The van der Waals surface area contributed by atoms with Crippen LogP contribution in [0.15, 0.2) is 0 Å². The molecule has 4 nitrogen and oxygen atoms in total. The molecule has 6 heteroatoms. The third-order valence-electron chi connectivity index (χ3n) is 4.27. The van der Waals surface area contributed by atoms with E-state index in [2.05, 4.69) is 5.32 Å². The van der Waals surface area contributed by atoms with Crippen LogP contribution >= 0.6 is 12.4 Å². The predicted octanol–water partition coefficient (Wildman–Crippen LogP) is 1.61. The molecule has 0 radical (unpaired) electrons. The molecule has 0 aromatic carbocycles. The molecular formula is C12H25ClN2O2S. The molecule has 0 amide bonds. The van der Waals surface area contributed by atoms with Gasteiger partial charge < -0.3 is 5.32 Å². The van der Waals surface area contributed by atoms with E-state index in [0.717, 1.165) is 32.4 Å². The van der Waals surface area contributed by atoms with Crippen LogP contribution in [0.3, 0.4) is 0 Å². The molecule has 108 valence electrons. The van der Waals surface area contributed by atoms with Crippen LogP contribution in [0, 0.1) is 5.92 Å². The first-order valence-corrected chi connectivity index (χ1v) is 8.37. The Morgan fingerprint density at radius 1 is 1.17 bits per heavy atom.